The fraction of sp³-hybridized carbons (Fsp3) is 0.778. The van der Waals surface area contributed by atoms with Crippen molar-refractivity contribution in [1.29, 1.82) is 0 Å². The smallest absolute Gasteiger partial charge is 0.273 e. The van der Waals surface area contributed by atoms with Crippen LogP contribution in [0.3, 0.4) is 0 Å². The summed E-state index contributed by atoms with van der Waals surface area (Å²) in [7, 11) is -3.81. The number of hydrogen-bond acceptors (Lipinski definition) is 4. The van der Waals surface area contributed by atoms with E-state index in [2.05, 4.69) is 10.2 Å². The first-order chi connectivity index (χ1) is 7.21. The van der Waals surface area contributed by atoms with Crippen LogP contribution < -0.4 is 5.14 Å². The van der Waals surface area contributed by atoms with E-state index in [1.807, 2.05) is 20.8 Å². The molecular weight excluding hydrogens is 228 g/mol. The predicted octanol–water partition coefficient (Wildman–Crippen LogP) is 0.558. The van der Waals surface area contributed by atoms with E-state index in [9.17, 15) is 8.42 Å². The summed E-state index contributed by atoms with van der Waals surface area (Å²) in [5.41, 5.74) is -0.386. The van der Waals surface area contributed by atoms with Gasteiger partial charge in [-0.2, -0.15) is 0 Å². The van der Waals surface area contributed by atoms with Crippen LogP contribution in [0.2, 0.25) is 0 Å². The van der Waals surface area contributed by atoms with Crippen LogP contribution in [0.1, 0.15) is 45.4 Å². The molecule has 7 heteroatoms. The second kappa shape index (κ2) is 3.27. The molecule has 1 saturated carbocycles. The largest absolute Gasteiger partial charge is 0.295 e. The monoisotopic (exact) mass is 244 g/mol. The number of nitrogens with zero attached hydrogens (tertiary/aromatic N) is 3. The van der Waals surface area contributed by atoms with E-state index in [0.29, 0.717) is 5.92 Å². The van der Waals surface area contributed by atoms with Crippen molar-refractivity contribution in [3.63, 3.8) is 0 Å². The van der Waals surface area contributed by atoms with Gasteiger partial charge in [0.05, 0.1) is 0 Å². The van der Waals surface area contributed by atoms with E-state index < -0.39 is 10.0 Å². The Morgan fingerprint density at radius 3 is 2.25 bits per heavy atom. The van der Waals surface area contributed by atoms with Crippen molar-refractivity contribution in [3.05, 3.63) is 5.82 Å². The minimum atomic E-state index is -3.81. The molecule has 6 nitrogen and oxygen atoms in total. The molecule has 1 fully saturated rings. The molecule has 90 valence electrons. The van der Waals surface area contributed by atoms with E-state index in [-0.39, 0.29) is 10.7 Å². The van der Waals surface area contributed by atoms with Crippen LogP contribution in [-0.4, -0.2) is 23.2 Å². The minimum Gasteiger partial charge on any atom is -0.295 e. The molecule has 0 atom stereocenters. The van der Waals surface area contributed by atoms with Crippen molar-refractivity contribution < 1.29 is 8.42 Å². The number of primary sulfonamides is 1. The van der Waals surface area contributed by atoms with Crippen molar-refractivity contribution in [2.24, 2.45) is 5.14 Å². The summed E-state index contributed by atoms with van der Waals surface area (Å²) in [5.74, 6) is 1.07. The number of rotatable bonds is 2. The Morgan fingerprint density at radius 2 is 1.88 bits per heavy atom. The number of sulfonamides is 1. The third-order valence-electron chi connectivity index (χ3n) is 2.53. The normalized spacial score (nSPS) is 17.8. The van der Waals surface area contributed by atoms with E-state index in [1.54, 1.807) is 4.57 Å². The molecule has 1 aromatic rings. The molecule has 0 aromatic carbocycles. The lowest BCUT2D eigenvalue weighted by molar-refractivity contribution is 0.350. The fourth-order valence-electron chi connectivity index (χ4n) is 1.70. The third kappa shape index (κ3) is 1.97. The molecule has 2 N–H and O–H groups in total. The Morgan fingerprint density at radius 1 is 1.31 bits per heavy atom. The lowest BCUT2D eigenvalue weighted by Crippen LogP contribution is -2.30. The summed E-state index contributed by atoms with van der Waals surface area (Å²) in [5, 5.41) is 12.7. The maximum Gasteiger partial charge on any atom is 0.273 e. The fourth-order valence-corrected chi connectivity index (χ4v) is 2.48. The van der Waals surface area contributed by atoms with Crippen molar-refractivity contribution in [3.8, 4) is 0 Å². The number of aromatic nitrogens is 3. The van der Waals surface area contributed by atoms with Crippen LogP contribution in [-0.2, 0) is 15.6 Å². The highest BCUT2D eigenvalue weighted by Crippen LogP contribution is 2.41. The molecule has 0 saturated heterocycles. The Kier molecular flexibility index (Phi) is 2.36. The van der Waals surface area contributed by atoms with Crippen LogP contribution in [0.5, 0.6) is 0 Å². The van der Waals surface area contributed by atoms with E-state index in [1.165, 1.54) is 0 Å². The molecule has 16 heavy (non-hydrogen) atoms. The summed E-state index contributed by atoms with van der Waals surface area (Å²) in [6.45, 7) is 5.74. The zero-order chi connectivity index (χ0) is 12.1. The van der Waals surface area contributed by atoms with Gasteiger partial charge in [-0.3, -0.25) is 4.57 Å². The van der Waals surface area contributed by atoms with Gasteiger partial charge in [0.2, 0.25) is 0 Å². The third-order valence-corrected chi connectivity index (χ3v) is 3.30. The maximum atomic E-state index is 11.4. The second-order valence-electron chi connectivity index (χ2n) is 5.17. The van der Waals surface area contributed by atoms with Crippen molar-refractivity contribution in [2.75, 3.05) is 0 Å². The van der Waals surface area contributed by atoms with Crippen LogP contribution in [0.25, 0.3) is 0 Å². The average Bonchev–Trinajstić information content (AvgIpc) is 2.79. The lowest BCUT2D eigenvalue weighted by atomic mass is 10.1. The number of nitrogens with two attached hydrogens (primary N) is 1. The van der Waals surface area contributed by atoms with Crippen molar-refractivity contribution in [1.82, 2.24) is 14.8 Å². The Bertz CT molecular complexity index is 508. The van der Waals surface area contributed by atoms with Gasteiger partial charge in [0, 0.05) is 11.5 Å². The summed E-state index contributed by atoms with van der Waals surface area (Å²) < 4.78 is 24.5. The highest BCUT2D eigenvalue weighted by Gasteiger charge is 2.36. The van der Waals surface area contributed by atoms with Crippen molar-refractivity contribution >= 4 is 10.0 Å². The van der Waals surface area contributed by atoms with E-state index >= 15 is 0 Å². The minimum absolute atomic E-state index is 0.137. The predicted molar refractivity (Wildman–Crippen MR) is 58.4 cm³/mol. The molecule has 0 radical (unpaired) electrons. The van der Waals surface area contributed by atoms with E-state index in [4.69, 9.17) is 5.14 Å². The summed E-state index contributed by atoms with van der Waals surface area (Å²) in [6.07, 6.45) is 2.08. The van der Waals surface area contributed by atoms with Crippen LogP contribution >= 0.6 is 0 Å². The van der Waals surface area contributed by atoms with Crippen LogP contribution in [0.4, 0.5) is 0 Å². The van der Waals surface area contributed by atoms with Gasteiger partial charge in [-0.25, -0.2) is 13.6 Å². The zero-order valence-corrected chi connectivity index (χ0v) is 10.5. The molecule has 1 aliphatic rings. The molecule has 0 unspecified atom stereocenters. The molecule has 1 aromatic heterocycles. The Balaban J connectivity index is 2.63. The van der Waals surface area contributed by atoms with Gasteiger partial charge in [-0.05, 0) is 33.6 Å². The van der Waals surface area contributed by atoms with E-state index in [0.717, 1.165) is 18.7 Å². The Labute approximate surface area is 94.9 Å². The lowest BCUT2D eigenvalue weighted by Gasteiger charge is -2.24. The molecule has 2 rings (SSSR count). The maximum absolute atomic E-state index is 11.4. The molecule has 0 spiro atoms. The van der Waals surface area contributed by atoms with Gasteiger partial charge < -0.3 is 0 Å². The SMILES string of the molecule is CC(C)(C)n1c(C2CC2)nnc1S(N)(=O)=O. The molecule has 0 amide bonds. The second-order valence-corrected chi connectivity index (χ2v) is 6.62. The number of hydrogen-bond donors (Lipinski definition) is 1. The average molecular weight is 244 g/mol. The molecule has 1 heterocycles. The van der Waals surface area contributed by atoms with Crippen LogP contribution in [0, 0.1) is 0 Å². The van der Waals surface area contributed by atoms with Gasteiger partial charge in [-0.1, -0.05) is 0 Å². The first-order valence-corrected chi connectivity index (χ1v) is 6.74. The molecular formula is C9H16N4O2S. The quantitative estimate of drug-likeness (QED) is 0.822. The van der Waals surface area contributed by atoms with Gasteiger partial charge in [0.15, 0.2) is 0 Å². The van der Waals surface area contributed by atoms with Gasteiger partial charge in [0.1, 0.15) is 5.82 Å². The highest BCUT2D eigenvalue weighted by atomic mass is 32.2. The zero-order valence-electron chi connectivity index (χ0n) is 9.64. The molecule has 0 bridgehead atoms. The summed E-state index contributed by atoms with van der Waals surface area (Å²) >= 11 is 0. The van der Waals surface area contributed by atoms with Crippen LogP contribution in [0.15, 0.2) is 5.16 Å². The summed E-state index contributed by atoms with van der Waals surface area (Å²) in [4.78, 5) is 0. The van der Waals surface area contributed by atoms with Crippen molar-refractivity contribution in [2.45, 2.75) is 50.2 Å². The highest BCUT2D eigenvalue weighted by molar-refractivity contribution is 7.89. The van der Waals surface area contributed by atoms with Gasteiger partial charge in [-0.15, -0.1) is 10.2 Å². The standard InChI is InChI=1S/C9H16N4O2S/c1-9(2,3)13-7(6-4-5-6)11-12-8(13)16(10,14)15/h6H,4-5H2,1-3H3,(H2,10,14,15). The summed E-state index contributed by atoms with van der Waals surface area (Å²) in [6, 6.07) is 0. The molecule has 0 aliphatic heterocycles. The first-order valence-electron chi connectivity index (χ1n) is 5.20. The molecule has 1 aliphatic carbocycles. The van der Waals surface area contributed by atoms with Gasteiger partial charge in [0.25, 0.3) is 15.2 Å². The first kappa shape index (κ1) is 11.5. The topological polar surface area (TPSA) is 90.9 Å². The van der Waals surface area contributed by atoms with Gasteiger partial charge >= 0.3 is 0 Å². The Hall–Kier alpha value is -0.950.